The summed E-state index contributed by atoms with van der Waals surface area (Å²) in [4.78, 5) is 12.2. The van der Waals surface area contributed by atoms with Gasteiger partial charge in [0.25, 0.3) is 0 Å². The van der Waals surface area contributed by atoms with Crippen LogP contribution in [0.5, 0.6) is 0 Å². The van der Waals surface area contributed by atoms with Gasteiger partial charge in [-0.1, -0.05) is 12.1 Å². The Hall–Kier alpha value is -1.35. The van der Waals surface area contributed by atoms with Crippen molar-refractivity contribution < 1.29 is 4.79 Å². The maximum absolute atomic E-state index is 12.2. The maximum Gasteiger partial charge on any atom is 0.236 e. The smallest absolute Gasteiger partial charge is 0.236 e. The van der Waals surface area contributed by atoms with Crippen molar-refractivity contribution in [3.8, 4) is 0 Å². The molecule has 0 radical (unpaired) electrons. The number of anilines is 1. The molecule has 2 heterocycles. The zero-order valence-corrected chi connectivity index (χ0v) is 9.68. The van der Waals surface area contributed by atoms with Crippen molar-refractivity contribution in [1.29, 1.82) is 0 Å². The highest BCUT2D eigenvalue weighted by Crippen LogP contribution is 2.43. The molecule has 1 spiro atoms. The zero-order chi connectivity index (χ0) is 11.3. The first-order chi connectivity index (χ1) is 7.65. The fraction of sp³-hybridized carbons (Fsp3) is 0.462. The molecule has 16 heavy (non-hydrogen) atoms. The van der Waals surface area contributed by atoms with Crippen LogP contribution in [0.1, 0.15) is 23.1 Å². The van der Waals surface area contributed by atoms with Gasteiger partial charge in [-0.3, -0.25) is 4.79 Å². The number of hydrogen-bond donors (Lipinski definition) is 2. The first kappa shape index (κ1) is 9.85. The largest absolute Gasteiger partial charge is 0.325 e. The predicted octanol–water partition coefficient (Wildman–Crippen LogP) is 1.49. The number of carbonyl (C=O) groups is 1. The number of fused-ring (bicyclic) bond motifs is 2. The van der Waals surface area contributed by atoms with Crippen LogP contribution in [-0.4, -0.2) is 19.0 Å². The zero-order valence-electron chi connectivity index (χ0n) is 9.68. The minimum Gasteiger partial charge on any atom is -0.325 e. The van der Waals surface area contributed by atoms with Gasteiger partial charge in [-0.25, -0.2) is 0 Å². The van der Waals surface area contributed by atoms with E-state index in [1.165, 1.54) is 16.7 Å². The van der Waals surface area contributed by atoms with Crippen LogP contribution in [-0.2, 0) is 10.2 Å². The minimum atomic E-state index is -0.298. The Balaban J connectivity index is 2.22. The molecule has 3 heteroatoms. The summed E-state index contributed by atoms with van der Waals surface area (Å²) in [6.07, 6.45) is 0.911. The lowest BCUT2D eigenvalue weighted by Crippen LogP contribution is -2.36. The lowest BCUT2D eigenvalue weighted by atomic mass is 9.80. The van der Waals surface area contributed by atoms with Crippen molar-refractivity contribution in [3.05, 3.63) is 28.8 Å². The molecule has 1 aromatic rings. The number of benzene rings is 1. The fourth-order valence-corrected chi connectivity index (χ4v) is 2.85. The van der Waals surface area contributed by atoms with Crippen LogP contribution in [0.15, 0.2) is 12.1 Å². The van der Waals surface area contributed by atoms with E-state index in [0.29, 0.717) is 0 Å². The van der Waals surface area contributed by atoms with E-state index >= 15 is 0 Å². The summed E-state index contributed by atoms with van der Waals surface area (Å²) < 4.78 is 0. The predicted molar refractivity (Wildman–Crippen MR) is 63.7 cm³/mol. The summed E-state index contributed by atoms with van der Waals surface area (Å²) in [6.45, 7) is 5.86. The van der Waals surface area contributed by atoms with E-state index in [0.717, 1.165) is 25.2 Å². The Bertz CT molecular complexity index is 473. The van der Waals surface area contributed by atoms with E-state index in [1.807, 2.05) is 0 Å². The van der Waals surface area contributed by atoms with E-state index in [1.54, 1.807) is 0 Å². The lowest BCUT2D eigenvalue weighted by molar-refractivity contribution is -0.120. The fourth-order valence-electron chi connectivity index (χ4n) is 2.85. The molecule has 1 fully saturated rings. The summed E-state index contributed by atoms with van der Waals surface area (Å²) in [5.41, 5.74) is 4.38. The Kier molecular flexibility index (Phi) is 1.89. The van der Waals surface area contributed by atoms with Crippen molar-refractivity contribution in [2.75, 3.05) is 18.4 Å². The third-order valence-corrected chi connectivity index (χ3v) is 4.08. The van der Waals surface area contributed by atoms with Crippen molar-refractivity contribution in [3.63, 3.8) is 0 Å². The van der Waals surface area contributed by atoms with Crippen LogP contribution in [0.4, 0.5) is 5.69 Å². The highest BCUT2D eigenvalue weighted by atomic mass is 16.2. The third kappa shape index (κ3) is 1.04. The highest BCUT2D eigenvalue weighted by molar-refractivity contribution is 6.07. The van der Waals surface area contributed by atoms with Gasteiger partial charge >= 0.3 is 0 Å². The van der Waals surface area contributed by atoms with Crippen molar-refractivity contribution in [2.45, 2.75) is 25.7 Å². The molecule has 1 saturated heterocycles. The van der Waals surface area contributed by atoms with Crippen LogP contribution < -0.4 is 10.6 Å². The first-order valence-corrected chi connectivity index (χ1v) is 5.78. The van der Waals surface area contributed by atoms with Gasteiger partial charge in [-0.2, -0.15) is 0 Å². The maximum atomic E-state index is 12.2. The molecule has 2 aliphatic heterocycles. The Morgan fingerprint density at radius 3 is 2.81 bits per heavy atom. The quantitative estimate of drug-likeness (QED) is 0.690. The summed E-state index contributed by atoms with van der Waals surface area (Å²) >= 11 is 0. The van der Waals surface area contributed by atoms with Gasteiger partial charge in [0.2, 0.25) is 5.91 Å². The molecule has 1 aromatic carbocycles. The Labute approximate surface area is 95.2 Å². The third-order valence-electron chi connectivity index (χ3n) is 4.08. The summed E-state index contributed by atoms with van der Waals surface area (Å²) in [6, 6.07) is 4.23. The van der Waals surface area contributed by atoms with Crippen molar-refractivity contribution >= 4 is 11.6 Å². The molecule has 0 aliphatic carbocycles. The molecule has 1 unspecified atom stereocenters. The van der Waals surface area contributed by atoms with Gasteiger partial charge in [-0.05, 0) is 43.5 Å². The second-order valence-electron chi connectivity index (χ2n) is 4.89. The minimum absolute atomic E-state index is 0.168. The first-order valence-electron chi connectivity index (χ1n) is 5.78. The average molecular weight is 216 g/mol. The molecule has 84 valence electrons. The van der Waals surface area contributed by atoms with Gasteiger partial charge in [0.15, 0.2) is 0 Å². The normalized spacial score (nSPS) is 27.2. The summed E-state index contributed by atoms with van der Waals surface area (Å²) in [5.74, 6) is 0.168. The van der Waals surface area contributed by atoms with Gasteiger partial charge in [0, 0.05) is 12.2 Å². The van der Waals surface area contributed by atoms with Gasteiger partial charge in [0.05, 0.1) is 5.41 Å². The van der Waals surface area contributed by atoms with Gasteiger partial charge < -0.3 is 10.6 Å². The standard InChI is InChI=1S/C13H16N2O/c1-8-3-4-10-11(9(8)2)15-12(16)13(10)5-6-14-7-13/h3-4,14H,5-7H2,1-2H3,(H,15,16). The number of rotatable bonds is 0. The number of hydrogen-bond acceptors (Lipinski definition) is 2. The van der Waals surface area contributed by atoms with Crippen LogP contribution in [0.3, 0.4) is 0 Å². The van der Waals surface area contributed by atoms with Crippen LogP contribution in [0, 0.1) is 13.8 Å². The molecule has 2 aliphatic rings. The molecule has 2 N–H and O–H groups in total. The molecule has 3 nitrogen and oxygen atoms in total. The number of nitrogens with one attached hydrogen (secondary N) is 2. The van der Waals surface area contributed by atoms with Crippen LogP contribution in [0.2, 0.25) is 0 Å². The molecular formula is C13H16N2O. The molecule has 1 atom stereocenters. The highest BCUT2D eigenvalue weighted by Gasteiger charge is 2.48. The Morgan fingerprint density at radius 1 is 1.31 bits per heavy atom. The van der Waals surface area contributed by atoms with E-state index in [4.69, 9.17) is 0 Å². The average Bonchev–Trinajstić information content (AvgIpc) is 2.84. The van der Waals surface area contributed by atoms with E-state index in [9.17, 15) is 4.79 Å². The SMILES string of the molecule is Cc1ccc2c(c1C)NC(=O)C21CCNC1. The van der Waals surface area contributed by atoms with Gasteiger partial charge in [-0.15, -0.1) is 0 Å². The monoisotopic (exact) mass is 216 g/mol. The van der Waals surface area contributed by atoms with Crippen molar-refractivity contribution in [2.24, 2.45) is 0 Å². The van der Waals surface area contributed by atoms with Crippen molar-refractivity contribution in [1.82, 2.24) is 5.32 Å². The topological polar surface area (TPSA) is 41.1 Å². The van der Waals surface area contributed by atoms with Crippen LogP contribution >= 0.6 is 0 Å². The van der Waals surface area contributed by atoms with Crippen LogP contribution in [0.25, 0.3) is 0 Å². The second-order valence-corrected chi connectivity index (χ2v) is 4.89. The molecule has 1 amide bonds. The number of carbonyl (C=O) groups excluding carboxylic acids is 1. The van der Waals surface area contributed by atoms with Gasteiger partial charge in [0.1, 0.15) is 0 Å². The summed E-state index contributed by atoms with van der Waals surface area (Å²) in [5, 5.41) is 6.36. The van der Waals surface area contributed by atoms with E-state index in [-0.39, 0.29) is 11.3 Å². The molecule has 0 aromatic heterocycles. The van der Waals surface area contributed by atoms with E-state index in [2.05, 4.69) is 36.6 Å². The number of aryl methyl sites for hydroxylation is 1. The summed E-state index contributed by atoms with van der Waals surface area (Å²) in [7, 11) is 0. The molecule has 3 rings (SSSR count). The number of amides is 1. The molecule has 0 bridgehead atoms. The second kappa shape index (κ2) is 3.08. The molecular weight excluding hydrogens is 200 g/mol. The lowest BCUT2D eigenvalue weighted by Gasteiger charge is -2.19. The Morgan fingerprint density at radius 2 is 2.12 bits per heavy atom. The molecule has 0 saturated carbocycles. The van der Waals surface area contributed by atoms with E-state index < -0.39 is 0 Å².